The van der Waals surface area contributed by atoms with Crippen LogP contribution in [-0.4, -0.2) is 5.11 Å². The largest absolute Gasteiger partial charge is 0.504 e. The summed E-state index contributed by atoms with van der Waals surface area (Å²) in [6.45, 7) is 1.91. The van der Waals surface area contributed by atoms with Gasteiger partial charge in [0.15, 0.2) is 11.5 Å². The maximum absolute atomic E-state index is 9.57. The Labute approximate surface area is 94.1 Å². The molecular formula is C13H13NO2. The molecule has 0 fully saturated rings. The van der Waals surface area contributed by atoms with Crippen molar-refractivity contribution in [1.29, 1.82) is 0 Å². The summed E-state index contributed by atoms with van der Waals surface area (Å²) in [5, 5.41) is 9.57. The normalized spacial score (nSPS) is 10.1. The van der Waals surface area contributed by atoms with Gasteiger partial charge in [-0.2, -0.15) is 0 Å². The standard InChI is InChI=1S/C13H13NO2/c1-9-8-10(14)6-7-12(9)16-13-5-3-2-4-11(13)15/h2-8,15H,14H2,1H3. The van der Waals surface area contributed by atoms with E-state index in [0.717, 1.165) is 5.56 Å². The van der Waals surface area contributed by atoms with Gasteiger partial charge in [0, 0.05) is 5.69 Å². The lowest BCUT2D eigenvalue weighted by Gasteiger charge is -2.10. The summed E-state index contributed by atoms with van der Waals surface area (Å²) in [4.78, 5) is 0. The molecule has 0 bridgehead atoms. The predicted molar refractivity (Wildman–Crippen MR) is 63.8 cm³/mol. The summed E-state index contributed by atoms with van der Waals surface area (Å²) in [5.74, 6) is 1.25. The number of phenols is 1. The third-order valence-electron chi connectivity index (χ3n) is 2.28. The fourth-order valence-corrected chi connectivity index (χ4v) is 1.45. The van der Waals surface area contributed by atoms with E-state index in [1.54, 1.807) is 30.3 Å². The molecule has 0 spiro atoms. The highest BCUT2D eigenvalue weighted by atomic mass is 16.5. The summed E-state index contributed by atoms with van der Waals surface area (Å²) in [6.07, 6.45) is 0. The number of anilines is 1. The highest BCUT2D eigenvalue weighted by molar-refractivity contribution is 5.50. The maximum Gasteiger partial charge on any atom is 0.169 e. The number of benzene rings is 2. The van der Waals surface area contributed by atoms with Crippen molar-refractivity contribution in [2.75, 3.05) is 5.73 Å². The van der Waals surface area contributed by atoms with Crippen LogP contribution in [0.5, 0.6) is 17.2 Å². The number of ether oxygens (including phenoxy) is 1. The fourth-order valence-electron chi connectivity index (χ4n) is 1.45. The number of aryl methyl sites for hydroxylation is 1. The average molecular weight is 215 g/mol. The van der Waals surface area contributed by atoms with Crippen LogP contribution in [0.2, 0.25) is 0 Å². The summed E-state index contributed by atoms with van der Waals surface area (Å²) in [6, 6.07) is 12.2. The highest BCUT2D eigenvalue weighted by Gasteiger charge is 2.04. The Balaban J connectivity index is 2.31. The van der Waals surface area contributed by atoms with Crippen LogP contribution in [0.4, 0.5) is 5.69 Å². The van der Waals surface area contributed by atoms with E-state index >= 15 is 0 Å². The van der Waals surface area contributed by atoms with Crippen molar-refractivity contribution < 1.29 is 9.84 Å². The Kier molecular flexibility index (Phi) is 2.68. The van der Waals surface area contributed by atoms with Crippen LogP contribution in [-0.2, 0) is 0 Å². The van der Waals surface area contributed by atoms with Crippen LogP contribution in [0.3, 0.4) is 0 Å². The van der Waals surface area contributed by atoms with Crippen LogP contribution < -0.4 is 10.5 Å². The summed E-state index contributed by atoms with van der Waals surface area (Å²) in [5.41, 5.74) is 7.28. The Morgan fingerprint density at radius 2 is 1.81 bits per heavy atom. The molecule has 0 saturated heterocycles. The van der Waals surface area contributed by atoms with Gasteiger partial charge in [-0.05, 0) is 42.8 Å². The van der Waals surface area contributed by atoms with Gasteiger partial charge >= 0.3 is 0 Å². The van der Waals surface area contributed by atoms with Gasteiger partial charge in [-0.3, -0.25) is 0 Å². The molecule has 0 aliphatic rings. The van der Waals surface area contributed by atoms with E-state index in [-0.39, 0.29) is 5.75 Å². The molecule has 0 saturated carbocycles. The lowest BCUT2D eigenvalue weighted by Crippen LogP contribution is -1.90. The van der Waals surface area contributed by atoms with Crippen LogP contribution in [0, 0.1) is 6.92 Å². The molecule has 0 aromatic heterocycles. The molecule has 3 nitrogen and oxygen atoms in total. The SMILES string of the molecule is Cc1cc(N)ccc1Oc1ccccc1O. The van der Waals surface area contributed by atoms with Crippen LogP contribution in [0.25, 0.3) is 0 Å². The molecule has 2 aromatic rings. The Morgan fingerprint density at radius 1 is 1.06 bits per heavy atom. The summed E-state index contributed by atoms with van der Waals surface area (Å²) < 4.78 is 5.59. The number of hydrogen-bond donors (Lipinski definition) is 2. The Bertz CT molecular complexity index is 509. The van der Waals surface area contributed by atoms with E-state index < -0.39 is 0 Å². The quantitative estimate of drug-likeness (QED) is 0.757. The molecule has 0 unspecified atom stereocenters. The van der Waals surface area contributed by atoms with Crippen LogP contribution in [0.1, 0.15) is 5.56 Å². The third kappa shape index (κ3) is 2.08. The van der Waals surface area contributed by atoms with Gasteiger partial charge in [0.2, 0.25) is 0 Å². The molecule has 0 aliphatic carbocycles. The summed E-state index contributed by atoms with van der Waals surface area (Å²) >= 11 is 0. The monoisotopic (exact) mass is 215 g/mol. The van der Waals surface area contributed by atoms with Crippen LogP contribution in [0.15, 0.2) is 42.5 Å². The van der Waals surface area contributed by atoms with Gasteiger partial charge < -0.3 is 15.6 Å². The number of hydrogen-bond acceptors (Lipinski definition) is 3. The predicted octanol–water partition coefficient (Wildman–Crippen LogP) is 3.08. The first-order chi connectivity index (χ1) is 7.66. The second kappa shape index (κ2) is 4.14. The van der Waals surface area contributed by atoms with E-state index in [0.29, 0.717) is 17.2 Å². The number of phenolic OH excluding ortho intramolecular Hbond substituents is 1. The van der Waals surface area contributed by atoms with Gasteiger partial charge in [0.25, 0.3) is 0 Å². The minimum atomic E-state index is 0.124. The van der Waals surface area contributed by atoms with Crippen molar-refractivity contribution in [2.24, 2.45) is 0 Å². The molecule has 16 heavy (non-hydrogen) atoms. The summed E-state index contributed by atoms with van der Waals surface area (Å²) in [7, 11) is 0. The number of nitrogens with two attached hydrogens (primary N) is 1. The zero-order valence-electron chi connectivity index (χ0n) is 8.97. The molecule has 2 aromatic carbocycles. The second-order valence-corrected chi connectivity index (χ2v) is 3.59. The molecular weight excluding hydrogens is 202 g/mol. The van der Waals surface area contributed by atoms with Gasteiger partial charge in [-0.25, -0.2) is 0 Å². The molecule has 0 heterocycles. The lowest BCUT2D eigenvalue weighted by molar-refractivity contribution is 0.410. The number of nitrogen functional groups attached to an aromatic ring is 1. The van der Waals surface area contributed by atoms with E-state index in [1.165, 1.54) is 0 Å². The van der Waals surface area contributed by atoms with Gasteiger partial charge in [0.1, 0.15) is 5.75 Å². The smallest absolute Gasteiger partial charge is 0.169 e. The van der Waals surface area contributed by atoms with E-state index in [2.05, 4.69) is 0 Å². The van der Waals surface area contributed by atoms with Crippen LogP contribution >= 0.6 is 0 Å². The van der Waals surface area contributed by atoms with Crippen molar-refractivity contribution in [3.8, 4) is 17.2 Å². The Morgan fingerprint density at radius 3 is 2.50 bits per heavy atom. The fraction of sp³-hybridized carbons (Fsp3) is 0.0769. The van der Waals surface area contributed by atoms with E-state index in [1.807, 2.05) is 19.1 Å². The van der Waals surface area contributed by atoms with Crippen molar-refractivity contribution >= 4 is 5.69 Å². The average Bonchev–Trinajstić information content (AvgIpc) is 2.25. The van der Waals surface area contributed by atoms with Crippen molar-refractivity contribution in [1.82, 2.24) is 0 Å². The van der Waals surface area contributed by atoms with Gasteiger partial charge in [-0.1, -0.05) is 12.1 Å². The third-order valence-corrected chi connectivity index (χ3v) is 2.28. The van der Waals surface area contributed by atoms with Gasteiger partial charge in [0.05, 0.1) is 0 Å². The molecule has 3 heteroatoms. The van der Waals surface area contributed by atoms with E-state index in [4.69, 9.17) is 10.5 Å². The maximum atomic E-state index is 9.57. The second-order valence-electron chi connectivity index (χ2n) is 3.59. The number of aromatic hydroxyl groups is 1. The molecule has 0 atom stereocenters. The van der Waals surface area contributed by atoms with E-state index in [9.17, 15) is 5.11 Å². The minimum absolute atomic E-state index is 0.124. The first-order valence-corrected chi connectivity index (χ1v) is 4.99. The molecule has 0 amide bonds. The molecule has 2 rings (SSSR count). The van der Waals surface area contributed by atoms with Crippen molar-refractivity contribution in [3.05, 3.63) is 48.0 Å². The first kappa shape index (κ1) is 10.4. The Hall–Kier alpha value is -2.16. The zero-order valence-corrected chi connectivity index (χ0v) is 8.97. The number of rotatable bonds is 2. The molecule has 0 aliphatic heterocycles. The highest BCUT2D eigenvalue weighted by Crippen LogP contribution is 2.32. The van der Waals surface area contributed by atoms with Crippen molar-refractivity contribution in [3.63, 3.8) is 0 Å². The number of para-hydroxylation sites is 2. The minimum Gasteiger partial charge on any atom is -0.504 e. The first-order valence-electron chi connectivity index (χ1n) is 4.99. The molecule has 0 radical (unpaired) electrons. The van der Waals surface area contributed by atoms with Crippen molar-refractivity contribution in [2.45, 2.75) is 6.92 Å². The van der Waals surface area contributed by atoms with Gasteiger partial charge in [-0.15, -0.1) is 0 Å². The topological polar surface area (TPSA) is 55.5 Å². The zero-order chi connectivity index (χ0) is 11.5. The molecule has 3 N–H and O–H groups in total. The molecule has 82 valence electrons. The lowest BCUT2D eigenvalue weighted by atomic mass is 10.2.